The SMILES string of the molecule is CC(C)CC(=O)NCCOc1ccc(F)cc1Cl. The van der Waals surface area contributed by atoms with Crippen LogP contribution in [0.4, 0.5) is 4.39 Å². The van der Waals surface area contributed by atoms with Crippen molar-refractivity contribution in [3.63, 3.8) is 0 Å². The van der Waals surface area contributed by atoms with Gasteiger partial charge in [0, 0.05) is 6.42 Å². The van der Waals surface area contributed by atoms with E-state index in [0.717, 1.165) is 0 Å². The van der Waals surface area contributed by atoms with Crippen LogP contribution in [0.1, 0.15) is 20.3 Å². The number of benzene rings is 1. The van der Waals surface area contributed by atoms with Gasteiger partial charge in [0.15, 0.2) is 0 Å². The Bertz CT molecular complexity index is 410. The first-order valence-corrected chi connectivity index (χ1v) is 6.21. The predicted molar refractivity (Wildman–Crippen MR) is 69.4 cm³/mol. The van der Waals surface area contributed by atoms with Gasteiger partial charge in [-0.3, -0.25) is 4.79 Å². The third kappa shape index (κ3) is 5.36. The minimum absolute atomic E-state index is 0.00111. The average Bonchev–Trinajstić information content (AvgIpc) is 2.25. The van der Waals surface area contributed by atoms with Crippen molar-refractivity contribution in [2.75, 3.05) is 13.2 Å². The molecule has 0 saturated heterocycles. The molecular formula is C13H17ClFNO2. The molecule has 1 aromatic carbocycles. The molecule has 0 aliphatic carbocycles. The van der Waals surface area contributed by atoms with Crippen molar-refractivity contribution in [3.05, 3.63) is 29.0 Å². The van der Waals surface area contributed by atoms with E-state index in [4.69, 9.17) is 16.3 Å². The normalized spacial score (nSPS) is 10.5. The number of carbonyl (C=O) groups excluding carboxylic acids is 1. The Morgan fingerprint density at radius 2 is 2.22 bits per heavy atom. The number of halogens is 2. The molecule has 1 rings (SSSR count). The van der Waals surface area contributed by atoms with Gasteiger partial charge in [-0.25, -0.2) is 4.39 Å². The van der Waals surface area contributed by atoms with E-state index in [1.54, 1.807) is 0 Å². The molecule has 3 nitrogen and oxygen atoms in total. The van der Waals surface area contributed by atoms with E-state index in [9.17, 15) is 9.18 Å². The topological polar surface area (TPSA) is 38.3 Å². The lowest BCUT2D eigenvalue weighted by atomic mass is 10.1. The van der Waals surface area contributed by atoms with Crippen LogP contribution in [-0.2, 0) is 4.79 Å². The van der Waals surface area contributed by atoms with E-state index in [-0.39, 0.29) is 10.9 Å². The maximum atomic E-state index is 12.8. The first-order chi connectivity index (χ1) is 8.49. The fraction of sp³-hybridized carbons (Fsp3) is 0.462. The van der Waals surface area contributed by atoms with Gasteiger partial charge < -0.3 is 10.1 Å². The third-order valence-electron chi connectivity index (χ3n) is 2.17. The zero-order valence-electron chi connectivity index (χ0n) is 10.5. The second-order valence-electron chi connectivity index (χ2n) is 4.37. The first-order valence-electron chi connectivity index (χ1n) is 5.83. The summed E-state index contributed by atoms with van der Waals surface area (Å²) in [4.78, 5) is 11.3. The van der Waals surface area contributed by atoms with E-state index in [1.165, 1.54) is 18.2 Å². The summed E-state index contributed by atoms with van der Waals surface area (Å²) in [5, 5.41) is 2.96. The summed E-state index contributed by atoms with van der Waals surface area (Å²) in [6, 6.07) is 3.93. The van der Waals surface area contributed by atoms with Gasteiger partial charge >= 0.3 is 0 Å². The summed E-state index contributed by atoms with van der Waals surface area (Å²) in [6.07, 6.45) is 0.497. The molecule has 0 aliphatic rings. The van der Waals surface area contributed by atoms with Gasteiger partial charge in [-0.2, -0.15) is 0 Å². The monoisotopic (exact) mass is 273 g/mol. The predicted octanol–water partition coefficient (Wildman–Crippen LogP) is 3.02. The molecule has 1 amide bonds. The Hall–Kier alpha value is -1.29. The van der Waals surface area contributed by atoms with Crippen LogP contribution < -0.4 is 10.1 Å². The van der Waals surface area contributed by atoms with E-state index in [0.29, 0.717) is 31.2 Å². The number of hydrogen-bond donors (Lipinski definition) is 1. The van der Waals surface area contributed by atoms with Crippen molar-refractivity contribution in [3.8, 4) is 5.75 Å². The highest BCUT2D eigenvalue weighted by Crippen LogP contribution is 2.24. The Morgan fingerprint density at radius 1 is 1.50 bits per heavy atom. The van der Waals surface area contributed by atoms with Gasteiger partial charge in [-0.05, 0) is 24.1 Å². The highest BCUT2D eigenvalue weighted by molar-refractivity contribution is 6.32. The van der Waals surface area contributed by atoms with Crippen LogP contribution in [0.3, 0.4) is 0 Å². The smallest absolute Gasteiger partial charge is 0.220 e. The number of hydrogen-bond acceptors (Lipinski definition) is 2. The van der Waals surface area contributed by atoms with E-state index in [2.05, 4.69) is 5.32 Å². The van der Waals surface area contributed by atoms with Crippen molar-refractivity contribution in [2.45, 2.75) is 20.3 Å². The minimum Gasteiger partial charge on any atom is -0.490 e. The van der Waals surface area contributed by atoms with Crippen molar-refractivity contribution >= 4 is 17.5 Å². The van der Waals surface area contributed by atoms with Crippen LogP contribution in [0.2, 0.25) is 5.02 Å². The fourth-order valence-electron chi connectivity index (χ4n) is 1.39. The summed E-state index contributed by atoms with van der Waals surface area (Å²) in [6.45, 7) is 4.66. The van der Waals surface area contributed by atoms with Crippen molar-refractivity contribution in [1.82, 2.24) is 5.32 Å². The fourth-order valence-corrected chi connectivity index (χ4v) is 1.61. The summed E-state index contributed by atoms with van der Waals surface area (Å²) >= 11 is 5.79. The summed E-state index contributed by atoms with van der Waals surface area (Å²) < 4.78 is 18.1. The van der Waals surface area contributed by atoms with Crippen LogP contribution >= 0.6 is 11.6 Å². The molecule has 100 valence electrons. The quantitative estimate of drug-likeness (QED) is 0.809. The summed E-state index contributed by atoms with van der Waals surface area (Å²) in [5.41, 5.74) is 0. The Kier molecular flexibility index (Phi) is 5.92. The molecule has 18 heavy (non-hydrogen) atoms. The first kappa shape index (κ1) is 14.8. The number of nitrogens with one attached hydrogen (secondary N) is 1. The van der Waals surface area contributed by atoms with Crippen molar-refractivity contribution in [1.29, 1.82) is 0 Å². The highest BCUT2D eigenvalue weighted by atomic mass is 35.5. The van der Waals surface area contributed by atoms with Crippen LogP contribution in [0.5, 0.6) is 5.75 Å². The third-order valence-corrected chi connectivity index (χ3v) is 2.46. The van der Waals surface area contributed by atoms with Gasteiger partial charge in [0.2, 0.25) is 5.91 Å². The molecule has 0 fully saturated rings. The standard InChI is InChI=1S/C13H17ClFNO2/c1-9(2)7-13(17)16-5-6-18-12-4-3-10(15)8-11(12)14/h3-4,8-9H,5-7H2,1-2H3,(H,16,17). The second-order valence-corrected chi connectivity index (χ2v) is 4.78. The lowest BCUT2D eigenvalue weighted by Gasteiger charge is -2.09. The zero-order valence-corrected chi connectivity index (χ0v) is 11.3. The number of carbonyl (C=O) groups is 1. The molecule has 0 atom stereocenters. The molecule has 5 heteroatoms. The van der Waals surface area contributed by atoms with Gasteiger partial charge in [0.1, 0.15) is 18.2 Å². The van der Waals surface area contributed by atoms with E-state index in [1.807, 2.05) is 13.8 Å². The van der Waals surface area contributed by atoms with E-state index < -0.39 is 5.82 Å². The number of ether oxygens (including phenoxy) is 1. The van der Waals surface area contributed by atoms with Crippen molar-refractivity contribution in [2.24, 2.45) is 5.92 Å². The van der Waals surface area contributed by atoms with E-state index >= 15 is 0 Å². The largest absolute Gasteiger partial charge is 0.490 e. The number of rotatable bonds is 6. The van der Waals surface area contributed by atoms with Gasteiger partial charge in [0.25, 0.3) is 0 Å². The van der Waals surface area contributed by atoms with Gasteiger partial charge in [-0.15, -0.1) is 0 Å². The maximum absolute atomic E-state index is 12.8. The molecule has 0 spiro atoms. The Balaban J connectivity index is 2.27. The molecule has 0 bridgehead atoms. The molecular weight excluding hydrogens is 257 g/mol. The highest BCUT2D eigenvalue weighted by Gasteiger charge is 2.05. The summed E-state index contributed by atoms with van der Waals surface area (Å²) in [7, 11) is 0. The van der Waals surface area contributed by atoms with Crippen molar-refractivity contribution < 1.29 is 13.9 Å². The minimum atomic E-state index is -0.405. The van der Waals surface area contributed by atoms with Gasteiger partial charge in [0.05, 0.1) is 11.6 Å². The molecule has 0 unspecified atom stereocenters. The lowest BCUT2D eigenvalue weighted by Crippen LogP contribution is -2.28. The molecule has 0 aliphatic heterocycles. The second kappa shape index (κ2) is 7.21. The Morgan fingerprint density at radius 3 is 2.83 bits per heavy atom. The van der Waals surface area contributed by atoms with Crippen LogP contribution in [-0.4, -0.2) is 19.1 Å². The molecule has 0 saturated carbocycles. The number of amides is 1. The molecule has 1 N–H and O–H groups in total. The molecule has 1 aromatic rings. The van der Waals surface area contributed by atoms with Crippen LogP contribution in [0, 0.1) is 11.7 Å². The maximum Gasteiger partial charge on any atom is 0.220 e. The molecule has 0 heterocycles. The zero-order chi connectivity index (χ0) is 13.5. The summed E-state index contributed by atoms with van der Waals surface area (Å²) in [5.74, 6) is 0.338. The lowest BCUT2D eigenvalue weighted by molar-refractivity contribution is -0.121. The van der Waals surface area contributed by atoms with Crippen LogP contribution in [0.25, 0.3) is 0 Å². The molecule has 0 aromatic heterocycles. The van der Waals surface area contributed by atoms with Crippen LogP contribution in [0.15, 0.2) is 18.2 Å². The molecule has 0 radical (unpaired) electrons. The van der Waals surface area contributed by atoms with Gasteiger partial charge in [-0.1, -0.05) is 25.4 Å². The Labute approximate surface area is 111 Å². The average molecular weight is 274 g/mol.